The molecule has 0 aliphatic carbocycles. The fourth-order valence-electron chi connectivity index (χ4n) is 2.27. The van der Waals surface area contributed by atoms with Gasteiger partial charge in [0, 0.05) is 6.07 Å². The Labute approximate surface area is 129 Å². The minimum atomic E-state index is -1.05. The van der Waals surface area contributed by atoms with Crippen molar-refractivity contribution in [3.8, 4) is 11.4 Å². The van der Waals surface area contributed by atoms with Crippen LogP contribution in [-0.4, -0.2) is 27.7 Å². The van der Waals surface area contributed by atoms with Crippen LogP contribution >= 0.6 is 11.3 Å². The van der Waals surface area contributed by atoms with Crippen molar-refractivity contribution in [3.05, 3.63) is 51.4 Å². The lowest BCUT2D eigenvalue weighted by Gasteiger charge is -2.07. The van der Waals surface area contributed by atoms with E-state index >= 15 is 0 Å². The number of thiophene rings is 1. The third-order valence-corrected chi connectivity index (χ3v) is 4.56. The average Bonchev–Trinajstić information content (AvgIpc) is 2.86. The van der Waals surface area contributed by atoms with E-state index in [9.17, 15) is 9.59 Å². The zero-order chi connectivity index (χ0) is 15.9. The highest BCUT2D eigenvalue weighted by molar-refractivity contribution is 7.20. The number of rotatable bonds is 3. The molecule has 1 N–H and O–H groups in total. The van der Waals surface area contributed by atoms with Gasteiger partial charge in [0.05, 0.1) is 18.2 Å². The predicted octanol–water partition coefficient (Wildman–Crippen LogP) is 2.46. The lowest BCUT2D eigenvalue weighted by Crippen LogP contribution is -2.18. The van der Waals surface area contributed by atoms with Gasteiger partial charge in [0.15, 0.2) is 0 Å². The summed E-state index contributed by atoms with van der Waals surface area (Å²) < 4.78 is 6.54. The highest BCUT2D eigenvalue weighted by atomic mass is 32.1. The van der Waals surface area contributed by atoms with Gasteiger partial charge in [0.1, 0.15) is 21.8 Å². The number of fused-ring (bicyclic) bond motifs is 1. The van der Waals surface area contributed by atoms with Crippen LogP contribution in [-0.2, 0) is 0 Å². The monoisotopic (exact) mass is 316 g/mol. The normalized spacial score (nSPS) is 10.8. The third kappa shape index (κ3) is 2.15. The van der Waals surface area contributed by atoms with E-state index in [0.717, 1.165) is 11.3 Å². The number of aryl methyl sites for hydroxylation is 1. The molecule has 0 unspecified atom stereocenters. The molecule has 22 heavy (non-hydrogen) atoms. The van der Waals surface area contributed by atoms with E-state index in [2.05, 4.69) is 4.98 Å². The summed E-state index contributed by atoms with van der Waals surface area (Å²) in [5, 5.41) is 9.51. The number of carboxylic acid groups (broad SMARTS) is 1. The zero-order valence-electron chi connectivity index (χ0n) is 11.9. The summed E-state index contributed by atoms with van der Waals surface area (Å²) >= 11 is 1.01. The van der Waals surface area contributed by atoms with Crippen LogP contribution in [0.15, 0.2) is 35.4 Å². The summed E-state index contributed by atoms with van der Waals surface area (Å²) in [6.07, 6.45) is 1.40. The smallest absolute Gasteiger partial charge is 0.346 e. The Morgan fingerprint density at radius 2 is 2.18 bits per heavy atom. The largest absolute Gasteiger partial charge is 0.497 e. The SMILES string of the molecule is COc1cccc(-n2cnc3sc(C(=O)O)c(C)c3c2=O)c1. The first-order chi connectivity index (χ1) is 10.5. The summed E-state index contributed by atoms with van der Waals surface area (Å²) in [5.41, 5.74) is 0.767. The molecule has 7 heteroatoms. The van der Waals surface area contributed by atoms with Gasteiger partial charge in [-0.15, -0.1) is 11.3 Å². The first kappa shape index (κ1) is 14.3. The van der Waals surface area contributed by atoms with Crippen LogP contribution in [0.2, 0.25) is 0 Å². The Hall–Kier alpha value is -2.67. The average molecular weight is 316 g/mol. The van der Waals surface area contributed by atoms with Gasteiger partial charge in [0.25, 0.3) is 5.56 Å². The Balaban J connectivity index is 2.28. The van der Waals surface area contributed by atoms with E-state index in [1.54, 1.807) is 38.3 Å². The van der Waals surface area contributed by atoms with Crippen LogP contribution in [0.25, 0.3) is 15.9 Å². The maximum Gasteiger partial charge on any atom is 0.346 e. The van der Waals surface area contributed by atoms with Gasteiger partial charge in [-0.2, -0.15) is 0 Å². The summed E-state index contributed by atoms with van der Waals surface area (Å²) in [6.45, 7) is 1.63. The van der Waals surface area contributed by atoms with E-state index in [1.165, 1.54) is 10.9 Å². The van der Waals surface area contributed by atoms with Crippen LogP contribution < -0.4 is 10.3 Å². The molecule has 0 bridgehead atoms. The molecule has 0 atom stereocenters. The van der Waals surface area contributed by atoms with Crippen molar-refractivity contribution in [2.75, 3.05) is 7.11 Å². The molecule has 6 nitrogen and oxygen atoms in total. The molecule has 2 heterocycles. The second-order valence-corrected chi connectivity index (χ2v) is 5.66. The highest BCUT2D eigenvalue weighted by Gasteiger charge is 2.19. The first-order valence-electron chi connectivity index (χ1n) is 6.41. The third-order valence-electron chi connectivity index (χ3n) is 3.38. The van der Waals surface area contributed by atoms with Crippen molar-refractivity contribution in [3.63, 3.8) is 0 Å². The molecule has 0 saturated carbocycles. The van der Waals surface area contributed by atoms with Gasteiger partial charge in [-0.25, -0.2) is 9.78 Å². The van der Waals surface area contributed by atoms with E-state index in [-0.39, 0.29) is 10.4 Å². The molecular formula is C15H12N2O4S. The van der Waals surface area contributed by atoms with Gasteiger partial charge in [-0.1, -0.05) is 6.07 Å². The van der Waals surface area contributed by atoms with Gasteiger partial charge in [-0.05, 0) is 24.6 Å². The minimum absolute atomic E-state index is 0.142. The van der Waals surface area contributed by atoms with Crippen molar-refractivity contribution < 1.29 is 14.6 Å². The molecule has 112 valence electrons. The number of hydrogen-bond acceptors (Lipinski definition) is 5. The topological polar surface area (TPSA) is 81.4 Å². The number of methoxy groups -OCH3 is 1. The Bertz CT molecular complexity index is 942. The number of carbonyl (C=O) groups is 1. The quantitative estimate of drug-likeness (QED) is 0.802. The number of nitrogens with zero attached hydrogens (tertiary/aromatic N) is 2. The van der Waals surface area contributed by atoms with E-state index in [4.69, 9.17) is 9.84 Å². The molecular weight excluding hydrogens is 304 g/mol. The highest BCUT2D eigenvalue weighted by Crippen LogP contribution is 2.27. The summed E-state index contributed by atoms with van der Waals surface area (Å²) in [4.78, 5) is 28.7. The maximum atomic E-state index is 12.7. The minimum Gasteiger partial charge on any atom is -0.497 e. The lowest BCUT2D eigenvalue weighted by molar-refractivity contribution is 0.0701. The van der Waals surface area contributed by atoms with Crippen LogP contribution in [0.4, 0.5) is 0 Å². The molecule has 3 aromatic rings. The zero-order valence-corrected chi connectivity index (χ0v) is 12.7. The van der Waals surface area contributed by atoms with Gasteiger partial charge >= 0.3 is 5.97 Å². The van der Waals surface area contributed by atoms with E-state index in [0.29, 0.717) is 27.2 Å². The number of aromatic carboxylic acids is 1. The predicted molar refractivity (Wildman–Crippen MR) is 83.5 cm³/mol. The molecule has 0 fully saturated rings. The Morgan fingerprint density at radius 1 is 1.41 bits per heavy atom. The second-order valence-electron chi connectivity index (χ2n) is 4.66. The molecule has 0 aliphatic heterocycles. The van der Waals surface area contributed by atoms with Crippen molar-refractivity contribution in [1.29, 1.82) is 0 Å². The van der Waals surface area contributed by atoms with Gasteiger partial charge in [-0.3, -0.25) is 9.36 Å². The number of aromatic nitrogens is 2. The summed E-state index contributed by atoms with van der Waals surface area (Å²) in [5.74, 6) is -0.425. The van der Waals surface area contributed by atoms with Crippen molar-refractivity contribution in [2.45, 2.75) is 6.92 Å². The van der Waals surface area contributed by atoms with E-state index in [1.807, 2.05) is 0 Å². The van der Waals surface area contributed by atoms with Gasteiger partial charge in [0.2, 0.25) is 0 Å². The molecule has 0 spiro atoms. The first-order valence-corrected chi connectivity index (χ1v) is 7.23. The van der Waals surface area contributed by atoms with Crippen LogP contribution in [0.3, 0.4) is 0 Å². The molecule has 0 amide bonds. The second kappa shape index (κ2) is 5.27. The summed E-state index contributed by atoms with van der Waals surface area (Å²) in [7, 11) is 1.55. The number of carboxylic acids is 1. The number of ether oxygens (including phenoxy) is 1. The fourth-order valence-corrected chi connectivity index (χ4v) is 3.25. The molecule has 3 rings (SSSR count). The Morgan fingerprint density at radius 3 is 2.86 bits per heavy atom. The number of hydrogen-bond donors (Lipinski definition) is 1. The van der Waals surface area contributed by atoms with Crippen LogP contribution in [0.5, 0.6) is 5.75 Å². The molecule has 1 aromatic carbocycles. The van der Waals surface area contributed by atoms with Crippen molar-refractivity contribution >= 4 is 27.5 Å². The molecule has 0 saturated heterocycles. The molecule has 2 aromatic heterocycles. The van der Waals surface area contributed by atoms with E-state index < -0.39 is 5.97 Å². The lowest BCUT2D eigenvalue weighted by atomic mass is 10.2. The van der Waals surface area contributed by atoms with Crippen LogP contribution in [0, 0.1) is 6.92 Å². The molecule has 0 aliphatic rings. The van der Waals surface area contributed by atoms with Crippen molar-refractivity contribution in [1.82, 2.24) is 9.55 Å². The van der Waals surface area contributed by atoms with Crippen LogP contribution in [0.1, 0.15) is 15.2 Å². The van der Waals surface area contributed by atoms with Gasteiger partial charge < -0.3 is 9.84 Å². The van der Waals surface area contributed by atoms with Crippen molar-refractivity contribution in [2.24, 2.45) is 0 Å². The number of benzene rings is 1. The maximum absolute atomic E-state index is 12.7. The standard InChI is InChI=1S/C15H12N2O4S/c1-8-11-13(22-12(8)15(19)20)16-7-17(14(11)18)9-4-3-5-10(6-9)21-2/h3-7H,1-2H3,(H,19,20). The Kier molecular flexibility index (Phi) is 3.42. The molecule has 0 radical (unpaired) electrons. The summed E-state index contributed by atoms with van der Waals surface area (Å²) in [6, 6.07) is 7.03. The fraction of sp³-hybridized carbons (Fsp3) is 0.133.